The minimum atomic E-state index is -0.322. The third-order valence-electron chi connectivity index (χ3n) is 4.72. The van der Waals surface area contributed by atoms with Gasteiger partial charge in [-0.15, -0.1) is 10.2 Å². The maximum absolute atomic E-state index is 12.9. The first kappa shape index (κ1) is 18.4. The fourth-order valence-electron chi connectivity index (χ4n) is 3.33. The fraction of sp³-hybridized carbons (Fsp3) is 0.526. The first-order valence-electron chi connectivity index (χ1n) is 9.07. The number of nitrogens with zero attached hydrogens (tertiary/aromatic N) is 4. The van der Waals surface area contributed by atoms with Gasteiger partial charge in [0.2, 0.25) is 0 Å². The summed E-state index contributed by atoms with van der Waals surface area (Å²) in [7, 11) is 0. The van der Waals surface area contributed by atoms with Gasteiger partial charge in [0.1, 0.15) is 23.7 Å². The summed E-state index contributed by atoms with van der Waals surface area (Å²) in [4.78, 5) is 14.3. The van der Waals surface area contributed by atoms with Crippen LogP contribution in [0.15, 0.2) is 30.6 Å². The van der Waals surface area contributed by atoms with Crippen LogP contribution in [0.5, 0.6) is 5.75 Å². The molecule has 3 rings (SSSR count). The van der Waals surface area contributed by atoms with Crippen LogP contribution in [0.2, 0.25) is 0 Å². The van der Waals surface area contributed by atoms with Crippen LogP contribution in [0.1, 0.15) is 38.6 Å². The van der Waals surface area contributed by atoms with Crippen molar-refractivity contribution in [2.24, 2.45) is 5.92 Å². The Morgan fingerprint density at radius 3 is 2.85 bits per heavy atom. The maximum Gasteiger partial charge on any atom is 0.260 e. The van der Waals surface area contributed by atoms with E-state index < -0.39 is 0 Å². The van der Waals surface area contributed by atoms with Crippen LogP contribution < -0.4 is 4.74 Å². The number of halogens is 1. The van der Waals surface area contributed by atoms with E-state index in [-0.39, 0.29) is 18.3 Å². The smallest absolute Gasteiger partial charge is 0.260 e. The van der Waals surface area contributed by atoms with Gasteiger partial charge in [-0.1, -0.05) is 0 Å². The van der Waals surface area contributed by atoms with E-state index in [0.717, 1.165) is 31.6 Å². The average molecular weight is 360 g/mol. The summed E-state index contributed by atoms with van der Waals surface area (Å²) in [5.74, 6) is 1.49. The number of rotatable bonds is 6. The lowest BCUT2D eigenvalue weighted by molar-refractivity contribution is -0.135. The molecule has 0 bridgehead atoms. The normalized spacial score (nSPS) is 17.5. The Morgan fingerprint density at radius 2 is 2.12 bits per heavy atom. The quantitative estimate of drug-likeness (QED) is 0.795. The van der Waals surface area contributed by atoms with Gasteiger partial charge in [0, 0.05) is 25.6 Å². The third-order valence-corrected chi connectivity index (χ3v) is 4.72. The highest BCUT2D eigenvalue weighted by molar-refractivity contribution is 5.77. The molecule has 7 heteroatoms. The molecule has 1 unspecified atom stereocenters. The van der Waals surface area contributed by atoms with Crippen LogP contribution in [0.3, 0.4) is 0 Å². The zero-order chi connectivity index (χ0) is 18.5. The van der Waals surface area contributed by atoms with Gasteiger partial charge in [-0.05, 0) is 56.9 Å². The lowest BCUT2D eigenvalue weighted by atomic mass is 9.94. The van der Waals surface area contributed by atoms with E-state index >= 15 is 0 Å². The van der Waals surface area contributed by atoms with Gasteiger partial charge in [-0.3, -0.25) is 4.79 Å². The van der Waals surface area contributed by atoms with Crippen LogP contribution in [-0.4, -0.2) is 45.3 Å². The minimum absolute atomic E-state index is 0.0273. The maximum atomic E-state index is 12.9. The highest BCUT2D eigenvalue weighted by Crippen LogP contribution is 2.21. The molecular weight excluding hydrogens is 335 g/mol. The van der Waals surface area contributed by atoms with Crippen LogP contribution in [-0.2, 0) is 11.2 Å². The molecule has 1 saturated heterocycles. The second kappa shape index (κ2) is 8.29. The number of ether oxygens (including phenoxy) is 1. The zero-order valence-electron chi connectivity index (χ0n) is 15.3. The number of likely N-dealkylation sites (tertiary alicyclic amines) is 1. The number of piperidine rings is 1. The number of amides is 1. The lowest BCUT2D eigenvalue weighted by Crippen LogP contribution is -2.43. The molecule has 2 heterocycles. The van der Waals surface area contributed by atoms with Crippen LogP contribution in [0, 0.1) is 11.7 Å². The van der Waals surface area contributed by atoms with E-state index in [0.29, 0.717) is 24.3 Å². The largest absolute Gasteiger partial charge is 0.484 e. The minimum Gasteiger partial charge on any atom is -0.484 e. The highest BCUT2D eigenvalue weighted by Gasteiger charge is 2.25. The van der Waals surface area contributed by atoms with Crippen molar-refractivity contribution in [3.05, 3.63) is 42.2 Å². The molecule has 0 radical (unpaired) electrons. The molecule has 1 aromatic carbocycles. The number of aromatic nitrogens is 3. The third kappa shape index (κ3) is 4.59. The standard InChI is InChI=1S/C19H25FN4O2/c1-14(2)24-13-21-22-18(24)10-15-4-3-9-23(11-15)19(25)12-26-17-7-5-16(20)6-8-17/h5-8,13-15H,3-4,9-12H2,1-2H3. The van der Waals surface area contributed by atoms with Gasteiger partial charge in [0.15, 0.2) is 6.61 Å². The summed E-state index contributed by atoms with van der Waals surface area (Å²) in [5.41, 5.74) is 0. The Hall–Kier alpha value is -2.44. The SMILES string of the molecule is CC(C)n1cnnc1CC1CCCN(C(=O)COc2ccc(F)cc2)C1. The predicted molar refractivity (Wildman–Crippen MR) is 95.3 cm³/mol. The monoisotopic (exact) mass is 360 g/mol. The van der Waals surface area contributed by atoms with Crippen LogP contribution in [0.25, 0.3) is 0 Å². The molecule has 0 spiro atoms. The summed E-state index contributed by atoms with van der Waals surface area (Å²) in [6.07, 6.45) is 4.64. The van der Waals surface area contributed by atoms with E-state index in [1.807, 2.05) is 4.90 Å². The molecule has 6 nitrogen and oxygen atoms in total. The molecule has 1 aliphatic heterocycles. The van der Waals surface area contributed by atoms with Crippen molar-refractivity contribution < 1.29 is 13.9 Å². The summed E-state index contributed by atoms with van der Waals surface area (Å²) in [6, 6.07) is 6.02. The number of hydrogen-bond acceptors (Lipinski definition) is 4. The van der Waals surface area contributed by atoms with Gasteiger partial charge in [0.25, 0.3) is 5.91 Å². The first-order chi connectivity index (χ1) is 12.5. The van der Waals surface area contributed by atoms with Crippen molar-refractivity contribution in [2.75, 3.05) is 19.7 Å². The van der Waals surface area contributed by atoms with Gasteiger partial charge in [-0.25, -0.2) is 4.39 Å². The molecule has 0 N–H and O–H groups in total. The Bertz CT molecular complexity index is 729. The summed E-state index contributed by atoms with van der Waals surface area (Å²) < 4.78 is 20.5. The Balaban J connectivity index is 1.53. The van der Waals surface area contributed by atoms with Crippen molar-refractivity contribution in [3.63, 3.8) is 0 Å². The molecule has 2 aromatic rings. The molecule has 26 heavy (non-hydrogen) atoms. The molecule has 1 fully saturated rings. The number of carbonyl (C=O) groups is 1. The van der Waals surface area contributed by atoms with Crippen molar-refractivity contribution >= 4 is 5.91 Å². The summed E-state index contributed by atoms with van der Waals surface area (Å²) in [5, 5.41) is 8.26. The fourth-order valence-corrected chi connectivity index (χ4v) is 3.33. The van der Waals surface area contributed by atoms with Crippen molar-refractivity contribution in [1.82, 2.24) is 19.7 Å². The van der Waals surface area contributed by atoms with E-state index in [1.54, 1.807) is 6.33 Å². The summed E-state index contributed by atoms with van der Waals surface area (Å²) in [6.45, 7) is 5.64. The predicted octanol–water partition coefficient (Wildman–Crippen LogP) is 2.86. The van der Waals surface area contributed by atoms with Crippen molar-refractivity contribution in [3.8, 4) is 5.75 Å². The molecule has 1 amide bonds. The first-order valence-corrected chi connectivity index (χ1v) is 9.07. The topological polar surface area (TPSA) is 60.2 Å². The number of hydrogen-bond donors (Lipinski definition) is 0. The van der Waals surface area contributed by atoms with Gasteiger partial charge >= 0.3 is 0 Å². The van der Waals surface area contributed by atoms with Crippen LogP contribution >= 0.6 is 0 Å². The van der Waals surface area contributed by atoms with E-state index in [9.17, 15) is 9.18 Å². The molecule has 0 aliphatic carbocycles. The van der Waals surface area contributed by atoms with Crippen LogP contribution in [0.4, 0.5) is 4.39 Å². The van der Waals surface area contributed by atoms with Crippen molar-refractivity contribution in [2.45, 2.75) is 39.2 Å². The highest BCUT2D eigenvalue weighted by atomic mass is 19.1. The van der Waals surface area contributed by atoms with Gasteiger partial charge < -0.3 is 14.2 Å². The van der Waals surface area contributed by atoms with E-state index in [2.05, 4.69) is 28.6 Å². The molecular formula is C19H25FN4O2. The zero-order valence-corrected chi connectivity index (χ0v) is 15.3. The Labute approximate surface area is 153 Å². The summed E-state index contributed by atoms with van der Waals surface area (Å²) >= 11 is 0. The molecule has 140 valence electrons. The van der Waals surface area contributed by atoms with Gasteiger partial charge in [0.05, 0.1) is 0 Å². The van der Waals surface area contributed by atoms with E-state index in [4.69, 9.17) is 4.74 Å². The molecule has 1 aliphatic rings. The second-order valence-electron chi connectivity index (χ2n) is 7.04. The molecule has 1 atom stereocenters. The Kier molecular flexibility index (Phi) is 5.85. The van der Waals surface area contributed by atoms with Crippen molar-refractivity contribution in [1.29, 1.82) is 0 Å². The van der Waals surface area contributed by atoms with E-state index in [1.165, 1.54) is 24.3 Å². The second-order valence-corrected chi connectivity index (χ2v) is 7.04. The lowest BCUT2D eigenvalue weighted by Gasteiger charge is -2.32. The average Bonchev–Trinajstić information content (AvgIpc) is 3.09. The molecule has 0 saturated carbocycles. The number of benzene rings is 1. The molecule has 1 aromatic heterocycles. The van der Waals surface area contributed by atoms with Gasteiger partial charge in [-0.2, -0.15) is 0 Å². The Morgan fingerprint density at radius 1 is 1.35 bits per heavy atom. The number of carbonyl (C=O) groups excluding carboxylic acids is 1.